The maximum absolute atomic E-state index is 13.4. The highest BCUT2D eigenvalue weighted by atomic mass is 19.1. The number of rotatable bonds is 1. The third-order valence-corrected chi connectivity index (χ3v) is 3.29. The molecule has 1 nitrogen and oxygen atoms in total. The number of benzene rings is 2. The topological polar surface area (TPSA) is 12.0 Å². The van der Waals surface area contributed by atoms with E-state index in [9.17, 15) is 4.39 Å². The summed E-state index contributed by atoms with van der Waals surface area (Å²) in [6.07, 6.45) is 0.971. The molecule has 0 bridgehead atoms. The van der Waals surface area contributed by atoms with Crippen LogP contribution in [-0.2, 0) is 6.42 Å². The van der Waals surface area contributed by atoms with Gasteiger partial charge < -0.3 is 5.32 Å². The second kappa shape index (κ2) is 4.30. The van der Waals surface area contributed by atoms with Crippen molar-refractivity contribution < 1.29 is 4.39 Å². The molecule has 3 rings (SSSR count). The Morgan fingerprint density at radius 2 is 1.88 bits per heavy atom. The Morgan fingerprint density at radius 1 is 1.06 bits per heavy atom. The molecular formula is C15H14FN. The summed E-state index contributed by atoms with van der Waals surface area (Å²) in [5.41, 5.74) is 3.51. The second-order valence-corrected chi connectivity index (χ2v) is 4.39. The van der Waals surface area contributed by atoms with E-state index in [1.807, 2.05) is 24.3 Å². The van der Waals surface area contributed by atoms with Crippen LogP contribution in [0.4, 0.5) is 4.39 Å². The van der Waals surface area contributed by atoms with Crippen molar-refractivity contribution in [3.8, 4) is 0 Å². The van der Waals surface area contributed by atoms with Gasteiger partial charge in [0.1, 0.15) is 5.82 Å². The van der Waals surface area contributed by atoms with Gasteiger partial charge in [-0.05, 0) is 35.2 Å². The SMILES string of the molecule is Fc1ccc2c(c1)C(c1ccccc1)NCC2. The molecule has 1 atom stereocenters. The summed E-state index contributed by atoms with van der Waals surface area (Å²) in [6, 6.07) is 15.4. The Kier molecular flexibility index (Phi) is 2.65. The van der Waals surface area contributed by atoms with Crippen LogP contribution in [0.1, 0.15) is 22.7 Å². The van der Waals surface area contributed by atoms with Gasteiger partial charge in [-0.15, -0.1) is 0 Å². The maximum atomic E-state index is 13.4. The minimum absolute atomic E-state index is 0.121. The predicted octanol–water partition coefficient (Wildman–Crippen LogP) is 3.06. The molecule has 0 fully saturated rings. The van der Waals surface area contributed by atoms with Crippen LogP contribution >= 0.6 is 0 Å². The van der Waals surface area contributed by atoms with Crippen molar-refractivity contribution in [2.75, 3.05) is 6.54 Å². The Balaban J connectivity index is 2.08. The van der Waals surface area contributed by atoms with Crippen LogP contribution in [-0.4, -0.2) is 6.54 Å². The molecule has 0 saturated carbocycles. The fourth-order valence-electron chi connectivity index (χ4n) is 2.47. The van der Waals surface area contributed by atoms with E-state index in [1.165, 1.54) is 11.1 Å². The van der Waals surface area contributed by atoms with Crippen molar-refractivity contribution in [2.45, 2.75) is 12.5 Å². The highest BCUT2D eigenvalue weighted by molar-refractivity contribution is 5.39. The maximum Gasteiger partial charge on any atom is 0.123 e. The van der Waals surface area contributed by atoms with Crippen molar-refractivity contribution in [1.29, 1.82) is 0 Å². The van der Waals surface area contributed by atoms with Crippen molar-refractivity contribution >= 4 is 0 Å². The van der Waals surface area contributed by atoms with Gasteiger partial charge in [-0.25, -0.2) is 4.39 Å². The number of nitrogens with one attached hydrogen (secondary N) is 1. The summed E-state index contributed by atoms with van der Waals surface area (Å²) >= 11 is 0. The summed E-state index contributed by atoms with van der Waals surface area (Å²) in [7, 11) is 0. The Hall–Kier alpha value is -1.67. The molecule has 2 heteroatoms. The van der Waals surface area contributed by atoms with Crippen molar-refractivity contribution in [3.63, 3.8) is 0 Å². The lowest BCUT2D eigenvalue weighted by atomic mass is 9.90. The quantitative estimate of drug-likeness (QED) is 0.789. The van der Waals surface area contributed by atoms with Crippen LogP contribution in [0.2, 0.25) is 0 Å². The molecule has 0 spiro atoms. The smallest absolute Gasteiger partial charge is 0.123 e. The molecule has 0 aromatic heterocycles. The van der Waals surface area contributed by atoms with Crippen LogP contribution in [0.25, 0.3) is 0 Å². The van der Waals surface area contributed by atoms with Gasteiger partial charge in [-0.3, -0.25) is 0 Å². The van der Waals surface area contributed by atoms with Gasteiger partial charge >= 0.3 is 0 Å². The average molecular weight is 227 g/mol. The zero-order chi connectivity index (χ0) is 11.7. The lowest BCUT2D eigenvalue weighted by Crippen LogP contribution is -2.30. The standard InChI is InChI=1S/C15H14FN/c16-13-7-6-11-8-9-17-15(14(11)10-13)12-4-2-1-3-5-12/h1-7,10,15,17H,8-9H2. The fraction of sp³-hybridized carbons (Fsp3) is 0.200. The summed E-state index contributed by atoms with van der Waals surface area (Å²) in [6.45, 7) is 0.943. The van der Waals surface area contributed by atoms with E-state index < -0.39 is 0 Å². The van der Waals surface area contributed by atoms with Crippen molar-refractivity contribution in [3.05, 3.63) is 71.0 Å². The average Bonchev–Trinajstić information content (AvgIpc) is 2.39. The molecule has 0 aliphatic carbocycles. The Labute approximate surface area is 100 Å². The van der Waals surface area contributed by atoms with Gasteiger partial charge in [0.25, 0.3) is 0 Å². The van der Waals surface area contributed by atoms with E-state index in [2.05, 4.69) is 17.4 Å². The first-order valence-corrected chi connectivity index (χ1v) is 5.91. The summed E-state index contributed by atoms with van der Waals surface area (Å²) in [5, 5.41) is 3.45. The molecule has 17 heavy (non-hydrogen) atoms. The minimum Gasteiger partial charge on any atom is -0.306 e. The first kappa shape index (κ1) is 10.5. The van der Waals surface area contributed by atoms with Crippen LogP contribution in [0, 0.1) is 5.82 Å². The molecule has 1 N–H and O–H groups in total. The van der Waals surface area contributed by atoms with Gasteiger partial charge in [-0.2, -0.15) is 0 Å². The molecule has 0 radical (unpaired) electrons. The zero-order valence-electron chi connectivity index (χ0n) is 9.49. The molecular weight excluding hydrogens is 213 g/mol. The van der Waals surface area contributed by atoms with E-state index in [4.69, 9.17) is 0 Å². The van der Waals surface area contributed by atoms with Crippen LogP contribution in [0.5, 0.6) is 0 Å². The van der Waals surface area contributed by atoms with Crippen LogP contribution in [0.15, 0.2) is 48.5 Å². The molecule has 1 heterocycles. The monoisotopic (exact) mass is 227 g/mol. The highest BCUT2D eigenvalue weighted by Crippen LogP contribution is 2.28. The Bertz CT molecular complexity index is 522. The van der Waals surface area contributed by atoms with E-state index in [1.54, 1.807) is 12.1 Å². The fourth-order valence-corrected chi connectivity index (χ4v) is 2.47. The van der Waals surface area contributed by atoms with Crippen LogP contribution in [0.3, 0.4) is 0 Å². The summed E-state index contributed by atoms with van der Waals surface area (Å²) < 4.78 is 13.4. The molecule has 1 unspecified atom stereocenters. The molecule has 2 aromatic rings. The molecule has 2 aromatic carbocycles. The van der Waals surface area contributed by atoms with Gasteiger partial charge in [-0.1, -0.05) is 36.4 Å². The van der Waals surface area contributed by atoms with E-state index in [0.717, 1.165) is 18.5 Å². The minimum atomic E-state index is -0.159. The lowest BCUT2D eigenvalue weighted by Gasteiger charge is -2.27. The zero-order valence-corrected chi connectivity index (χ0v) is 9.49. The summed E-state index contributed by atoms with van der Waals surface area (Å²) in [4.78, 5) is 0. The lowest BCUT2D eigenvalue weighted by molar-refractivity contribution is 0.556. The first-order chi connectivity index (χ1) is 8.34. The van der Waals surface area contributed by atoms with Gasteiger partial charge in [0.05, 0.1) is 6.04 Å². The molecule has 1 aliphatic rings. The van der Waals surface area contributed by atoms with E-state index in [0.29, 0.717) is 0 Å². The van der Waals surface area contributed by atoms with Crippen molar-refractivity contribution in [2.24, 2.45) is 0 Å². The summed E-state index contributed by atoms with van der Waals surface area (Å²) in [5.74, 6) is -0.159. The third kappa shape index (κ3) is 1.96. The molecule has 0 amide bonds. The van der Waals surface area contributed by atoms with Crippen LogP contribution < -0.4 is 5.32 Å². The molecule has 1 aliphatic heterocycles. The third-order valence-electron chi connectivity index (χ3n) is 3.29. The van der Waals surface area contributed by atoms with Gasteiger partial charge in [0.15, 0.2) is 0 Å². The molecule has 0 saturated heterocycles. The largest absolute Gasteiger partial charge is 0.306 e. The molecule has 86 valence electrons. The Morgan fingerprint density at radius 3 is 2.71 bits per heavy atom. The number of fused-ring (bicyclic) bond motifs is 1. The van der Waals surface area contributed by atoms with Gasteiger partial charge in [0.2, 0.25) is 0 Å². The van der Waals surface area contributed by atoms with Gasteiger partial charge in [0, 0.05) is 6.54 Å². The normalized spacial score (nSPS) is 18.8. The number of hydrogen-bond donors (Lipinski definition) is 1. The highest BCUT2D eigenvalue weighted by Gasteiger charge is 2.21. The number of halogens is 1. The number of hydrogen-bond acceptors (Lipinski definition) is 1. The first-order valence-electron chi connectivity index (χ1n) is 5.91. The van der Waals surface area contributed by atoms with E-state index >= 15 is 0 Å². The van der Waals surface area contributed by atoms with Crippen molar-refractivity contribution in [1.82, 2.24) is 5.32 Å². The predicted molar refractivity (Wildman–Crippen MR) is 66.4 cm³/mol. The van der Waals surface area contributed by atoms with E-state index in [-0.39, 0.29) is 11.9 Å². The second-order valence-electron chi connectivity index (χ2n) is 4.39.